The van der Waals surface area contributed by atoms with E-state index in [1.54, 1.807) is 6.07 Å². The summed E-state index contributed by atoms with van der Waals surface area (Å²) < 4.78 is 13.2. The highest BCUT2D eigenvalue weighted by Gasteiger charge is 2.00. The van der Waals surface area contributed by atoms with Gasteiger partial charge in [0.25, 0.3) is 0 Å². The van der Waals surface area contributed by atoms with Gasteiger partial charge in [-0.3, -0.25) is 0 Å². The van der Waals surface area contributed by atoms with Crippen molar-refractivity contribution in [1.82, 2.24) is 5.32 Å². The average molecular weight is 242 g/mol. The second kappa shape index (κ2) is 6.02. The summed E-state index contributed by atoms with van der Waals surface area (Å²) in [6.45, 7) is 7.01. The Morgan fingerprint density at radius 3 is 2.75 bits per heavy atom. The van der Waals surface area contributed by atoms with Crippen molar-refractivity contribution in [1.29, 1.82) is 0 Å². The number of nitrogens with one attached hydrogen (secondary N) is 1. The Morgan fingerprint density at radius 1 is 1.50 bits per heavy atom. The van der Waals surface area contributed by atoms with Gasteiger partial charge in [0.2, 0.25) is 0 Å². The van der Waals surface area contributed by atoms with E-state index in [1.165, 1.54) is 6.07 Å². The normalized spacial score (nSPS) is 12.2. The Labute approximate surface area is 101 Å². The van der Waals surface area contributed by atoms with Gasteiger partial charge in [0.05, 0.1) is 5.02 Å². The number of hydrogen-bond acceptors (Lipinski definition) is 1. The molecule has 0 heterocycles. The van der Waals surface area contributed by atoms with Gasteiger partial charge in [0.1, 0.15) is 5.82 Å². The van der Waals surface area contributed by atoms with Crippen LogP contribution in [0.1, 0.15) is 26.3 Å². The third-order valence-electron chi connectivity index (χ3n) is 2.15. The Balaban J connectivity index is 2.70. The van der Waals surface area contributed by atoms with Crippen LogP contribution in [0.3, 0.4) is 0 Å². The van der Waals surface area contributed by atoms with E-state index in [0.717, 1.165) is 17.7 Å². The smallest absolute Gasteiger partial charge is 0.142 e. The number of hydrogen-bond donors (Lipinski definition) is 1. The molecule has 0 amide bonds. The van der Waals surface area contributed by atoms with E-state index >= 15 is 0 Å². The van der Waals surface area contributed by atoms with Crippen LogP contribution in [0.2, 0.25) is 5.02 Å². The van der Waals surface area contributed by atoms with Crippen LogP contribution < -0.4 is 5.32 Å². The van der Waals surface area contributed by atoms with Gasteiger partial charge in [-0.2, -0.15) is 0 Å². The van der Waals surface area contributed by atoms with Crippen molar-refractivity contribution < 1.29 is 4.39 Å². The van der Waals surface area contributed by atoms with Crippen molar-refractivity contribution in [3.05, 3.63) is 40.2 Å². The van der Waals surface area contributed by atoms with Gasteiger partial charge in [-0.1, -0.05) is 43.2 Å². The maximum atomic E-state index is 13.2. The van der Waals surface area contributed by atoms with Gasteiger partial charge < -0.3 is 5.32 Å². The van der Waals surface area contributed by atoms with Crippen LogP contribution in [-0.4, -0.2) is 12.6 Å². The molecule has 0 radical (unpaired) electrons. The molecule has 0 fully saturated rings. The Morgan fingerprint density at radius 2 is 2.19 bits per heavy atom. The minimum atomic E-state index is -0.375. The summed E-state index contributed by atoms with van der Waals surface area (Å²) >= 11 is 5.61. The number of halogens is 2. The van der Waals surface area contributed by atoms with Crippen molar-refractivity contribution >= 4 is 17.7 Å². The van der Waals surface area contributed by atoms with Crippen LogP contribution in [0.25, 0.3) is 6.08 Å². The Bertz CT molecular complexity index is 386. The monoisotopic (exact) mass is 241 g/mol. The van der Waals surface area contributed by atoms with Gasteiger partial charge >= 0.3 is 0 Å². The lowest BCUT2D eigenvalue weighted by Gasteiger charge is -2.08. The third kappa shape index (κ3) is 4.33. The first kappa shape index (κ1) is 13.2. The number of rotatable bonds is 4. The number of benzene rings is 1. The van der Waals surface area contributed by atoms with E-state index in [4.69, 9.17) is 11.6 Å². The molecule has 88 valence electrons. The summed E-state index contributed by atoms with van der Waals surface area (Å²) in [5, 5.41) is 3.47. The van der Waals surface area contributed by atoms with Gasteiger partial charge in [0, 0.05) is 12.6 Å². The third-order valence-corrected chi connectivity index (χ3v) is 2.45. The lowest BCUT2D eigenvalue weighted by atomic mass is 10.1. The molecule has 1 aromatic rings. The van der Waals surface area contributed by atoms with Crippen molar-refractivity contribution in [2.45, 2.75) is 26.8 Å². The molecule has 0 saturated heterocycles. The highest BCUT2D eigenvalue weighted by Crippen LogP contribution is 2.17. The van der Waals surface area contributed by atoms with Crippen molar-refractivity contribution in [3.8, 4) is 0 Å². The first-order valence-corrected chi connectivity index (χ1v) is 5.72. The Kier molecular flexibility index (Phi) is 4.97. The van der Waals surface area contributed by atoms with Crippen molar-refractivity contribution in [2.24, 2.45) is 0 Å². The zero-order valence-electron chi connectivity index (χ0n) is 9.85. The standard InChI is InChI=1S/C13H17ClFN/c1-9(2)16-8-10(3)6-11-4-5-12(14)13(15)7-11/h4-7,9,16H,8H2,1-3H3. The zero-order valence-corrected chi connectivity index (χ0v) is 10.6. The van der Waals surface area contributed by atoms with E-state index < -0.39 is 0 Å². The molecule has 1 N–H and O–H groups in total. The first-order valence-electron chi connectivity index (χ1n) is 5.34. The molecule has 0 atom stereocenters. The molecule has 0 saturated carbocycles. The highest BCUT2D eigenvalue weighted by atomic mass is 35.5. The predicted molar refractivity (Wildman–Crippen MR) is 68.2 cm³/mol. The molecule has 0 aliphatic heterocycles. The van der Waals surface area contributed by atoms with Gasteiger partial charge in [-0.05, 0) is 24.6 Å². The van der Waals surface area contributed by atoms with Crippen LogP contribution in [-0.2, 0) is 0 Å². The van der Waals surface area contributed by atoms with Crippen LogP contribution in [0, 0.1) is 5.82 Å². The highest BCUT2D eigenvalue weighted by molar-refractivity contribution is 6.30. The molecule has 0 bridgehead atoms. The molecular weight excluding hydrogens is 225 g/mol. The molecule has 0 aliphatic carbocycles. The van der Waals surface area contributed by atoms with E-state index in [-0.39, 0.29) is 10.8 Å². The minimum absolute atomic E-state index is 0.162. The summed E-state index contributed by atoms with van der Waals surface area (Å²) in [5.74, 6) is -0.375. The van der Waals surface area contributed by atoms with Gasteiger partial charge in [0.15, 0.2) is 0 Å². The molecule has 0 aromatic heterocycles. The van der Waals surface area contributed by atoms with Gasteiger partial charge in [-0.15, -0.1) is 0 Å². The fourth-order valence-corrected chi connectivity index (χ4v) is 1.42. The summed E-state index contributed by atoms with van der Waals surface area (Å²) in [7, 11) is 0. The quantitative estimate of drug-likeness (QED) is 0.844. The molecule has 3 heteroatoms. The topological polar surface area (TPSA) is 12.0 Å². The molecular formula is C13H17ClFN. The summed E-state index contributed by atoms with van der Waals surface area (Å²) in [6, 6.07) is 5.28. The van der Waals surface area contributed by atoms with E-state index in [0.29, 0.717) is 6.04 Å². The molecule has 0 spiro atoms. The Hall–Kier alpha value is -0.860. The van der Waals surface area contributed by atoms with Crippen LogP contribution in [0.5, 0.6) is 0 Å². The van der Waals surface area contributed by atoms with Crippen LogP contribution >= 0.6 is 11.6 Å². The largest absolute Gasteiger partial charge is 0.311 e. The fourth-order valence-electron chi connectivity index (χ4n) is 1.30. The first-order chi connectivity index (χ1) is 7.49. The predicted octanol–water partition coefficient (Wildman–Crippen LogP) is 3.88. The SMILES string of the molecule is CC(=Cc1ccc(Cl)c(F)c1)CNC(C)C. The van der Waals surface area contributed by atoms with Crippen molar-refractivity contribution in [2.75, 3.05) is 6.54 Å². The van der Waals surface area contributed by atoms with E-state index in [1.807, 2.05) is 19.1 Å². The lowest BCUT2D eigenvalue weighted by Crippen LogP contribution is -2.24. The van der Waals surface area contributed by atoms with Crippen LogP contribution in [0.4, 0.5) is 4.39 Å². The maximum absolute atomic E-state index is 13.2. The second-order valence-corrected chi connectivity index (χ2v) is 4.61. The summed E-state index contributed by atoms with van der Waals surface area (Å²) in [4.78, 5) is 0. The average Bonchev–Trinajstić information content (AvgIpc) is 2.21. The van der Waals surface area contributed by atoms with Gasteiger partial charge in [-0.25, -0.2) is 4.39 Å². The van der Waals surface area contributed by atoms with Crippen LogP contribution in [0.15, 0.2) is 23.8 Å². The molecule has 16 heavy (non-hydrogen) atoms. The molecule has 0 unspecified atom stereocenters. The summed E-state index contributed by atoms with van der Waals surface area (Å²) in [5.41, 5.74) is 2.00. The van der Waals surface area contributed by atoms with E-state index in [9.17, 15) is 4.39 Å². The lowest BCUT2D eigenvalue weighted by molar-refractivity contribution is 0.622. The molecule has 1 rings (SSSR count). The molecule has 1 nitrogen and oxygen atoms in total. The van der Waals surface area contributed by atoms with E-state index in [2.05, 4.69) is 19.2 Å². The fraction of sp³-hybridized carbons (Fsp3) is 0.385. The second-order valence-electron chi connectivity index (χ2n) is 4.20. The van der Waals surface area contributed by atoms with Crippen molar-refractivity contribution in [3.63, 3.8) is 0 Å². The minimum Gasteiger partial charge on any atom is -0.311 e. The maximum Gasteiger partial charge on any atom is 0.142 e. The molecule has 0 aliphatic rings. The zero-order chi connectivity index (χ0) is 12.1. The molecule has 1 aromatic carbocycles. The summed E-state index contributed by atoms with van der Waals surface area (Å²) in [6.07, 6.45) is 1.95.